The largest absolute Gasteiger partial charge is 0.497 e. The Morgan fingerprint density at radius 2 is 1.90 bits per heavy atom. The predicted octanol–water partition coefficient (Wildman–Crippen LogP) is 4.15. The minimum atomic E-state index is -0.295. The van der Waals surface area contributed by atoms with Gasteiger partial charge in [0.15, 0.2) is 5.82 Å². The number of nitrogens with one attached hydrogen (secondary N) is 1. The van der Waals surface area contributed by atoms with Crippen molar-refractivity contribution in [3.63, 3.8) is 0 Å². The van der Waals surface area contributed by atoms with E-state index in [-0.39, 0.29) is 17.6 Å². The molecule has 1 aromatic heterocycles. The van der Waals surface area contributed by atoms with Crippen molar-refractivity contribution in [2.75, 3.05) is 30.4 Å². The summed E-state index contributed by atoms with van der Waals surface area (Å²) in [7, 11) is 1.61. The van der Waals surface area contributed by atoms with E-state index >= 15 is 0 Å². The van der Waals surface area contributed by atoms with Gasteiger partial charge in [0.1, 0.15) is 17.4 Å². The zero-order chi connectivity index (χ0) is 20.9. The molecule has 4 rings (SSSR count). The quantitative estimate of drug-likeness (QED) is 0.690. The van der Waals surface area contributed by atoms with E-state index < -0.39 is 0 Å². The van der Waals surface area contributed by atoms with Gasteiger partial charge in [-0.2, -0.15) is 0 Å². The maximum Gasteiger partial charge on any atom is 0.229 e. The van der Waals surface area contributed by atoms with Gasteiger partial charge in [-0.15, -0.1) is 0 Å². The van der Waals surface area contributed by atoms with Crippen molar-refractivity contribution in [3.8, 4) is 17.1 Å². The fraction of sp³-hybridized carbons (Fsp3) is 0.261. The molecule has 0 aliphatic carbocycles. The first-order valence-electron chi connectivity index (χ1n) is 9.91. The van der Waals surface area contributed by atoms with Gasteiger partial charge in [0, 0.05) is 30.5 Å². The molecule has 0 radical (unpaired) electrons. The van der Waals surface area contributed by atoms with Crippen LogP contribution in [0.1, 0.15) is 12.8 Å². The minimum absolute atomic E-state index is 0.00215. The molecule has 1 fully saturated rings. The molecule has 3 aromatic rings. The molecular weight excluding hydrogens is 383 g/mol. The highest BCUT2D eigenvalue weighted by Gasteiger charge is 2.27. The Morgan fingerprint density at radius 1 is 1.13 bits per heavy atom. The second kappa shape index (κ2) is 8.90. The Hall–Kier alpha value is -3.48. The molecule has 1 amide bonds. The summed E-state index contributed by atoms with van der Waals surface area (Å²) in [5.74, 6) is 1.63. The van der Waals surface area contributed by atoms with Crippen molar-refractivity contribution in [1.29, 1.82) is 0 Å². The number of aromatic nitrogens is 2. The van der Waals surface area contributed by atoms with E-state index in [0.717, 1.165) is 42.2 Å². The molecule has 0 saturated carbocycles. The molecule has 0 unspecified atom stereocenters. The summed E-state index contributed by atoms with van der Waals surface area (Å²) in [6.07, 6.45) is 3.42. The van der Waals surface area contributed by atoms with Crippen LogP contribution in [0.2, 0.25) is 0 Å². The zero-order valence-electron chi connectivity index (χ0n) is 16.7. The van der Waals surface area contributed by atoms with Gasteiger partial charge < -0.3 is 15.0 Å². The molecule has 1 aliphatic rings. The van der Waals surface area contributed by atoms with Crippen LogP contribution in [-0.4, -0.2) is 36.1 Å². The van der Waals surface area contributed by atoms with E-state index in [2.05, 4.69) is 20.2 Å². The lowest BCUT2D eigenvalue weighted by molar-refractivity contribution is -0.120. The molecule has 1 N–H and O–H groups in total. The number of ether oxygens (including phenoxy) is 1. The SMILES string of the molecule is COc1ccc(NC(=O)[C@H]2CCCN(c3ccnc(-c4ccc(F)cc4)n3)C2)cc1. The lowest BCUT2D eigenvalue weighted by Gasteiger charge is -2.33. The molecule has 7 heteroatoms. The molecule has 30 heavy (non-hydrogen) atoms. The number of amides is 1. The second-order valence-corrected chi connectivity index (χ2v) is 7.25. The number of piperidine rings is 1. The Kier molecular flexibility index (Phi) is 5.88. The van der Waals surface area contributed by atoms with Gasteiger partial charge in [-0.25, -0.2) is 14.4 Å². The van der Waals surface area contributed by atoms with Crippen molar-refractivity contribution in [2.45, 2.75) is 12.8 Å². The first-order chi connectivity index (χ1) is 14.6. The second-order valence-electron chi connectivity index (χ2n) is 7.25. The van der Waals surface area contributed by atoms with Crippen LogP contribution in [0.15, 0.2) is 60.8 Å². The summed E-state index contributed by atoms with van der Waals surface area (Å²) in [6.45, 7) is 1.41. The summed E-state index contributed by atoms with van der Waals surface area (Å²) in [5, 5.41) is 2.99. The number of carbonyl (C=O) groups excluding carboxylic acids is 1. The number of carbonyl (C=O) groups is 1. The summed E-state index contributed by atoms with van der Waals surface area (Å²) in [4.78, 5) is 23.8. The van der Waals surface area contributed by atoms with E-state index in [0.29, 0.717) is 12.4 Å². The molecule has 6 nitrogen and oxygen atoms in total. The normalized spacial score (nSPS) is 16.2. The number of hydrogen-bond acceptors (Lipinski definition) is 5. The van der Waals surface area contributed by atoms with Crippen LogP contribution in [0.3, 0.4) is 0 Å². The Morgan fingerprint density at radius 3 is 2.63 bits per heavy atom. The maximum absolute atomic E-state index is 13.2. The third-order valence-electron chi connectivity index (χ3n) is 5.22. The van der Waals surface area contributed by atoms with E-state index in [1.807, 2.05) is 30.3 Å². The molecule has 2 aromatic carbocycles. The number of methoxy groups -OCH3 is 1. The lowest BCUT2D eigenvalue weighted by Crippen LogP contribution is -2.41. The van der Waals surface area contributed by atoms with E-state index in [1.165, 1.54) is 12.1 Å². The molecule has 1 saturated heterocycles. The minimum Gasteiger partial charge on any atom is -0.497 e. The molecular formula is C23H23FN4O2. The van der Waals surface area contributed by atoms with Gasteiger partial charge >= 0.3 is 0 Å². The monoisotopic (exact) mass is 406 g/mol. The van der Waals surface area contributed by atoms with E-state index in [1.54, 1.807) is 25.4 Å². The molecule has 2 heterocycles. The van der Waals surface area contributed by atoms with Gasteiger partial charge in [-0.1, -0.05) is 0 Å². The highest BCUT2D eigenvalue weighted by atomic mass is 19.1. The van der Waals surface area contributed by atoms with Gasteiger partial charge in [-0.05, 0) is 67.4 Å². The van der Waals surface area contributed by atoms with Gasteiger partial charge in [0.2, 0.25) is 5.91 Å². The number of rotatable bonds is 5. The standard InChI is InChI=1S/C23H23FN4O2/c1-30-20-10-8-19(9-11-20)26-23(29)17-3-2-14-28(15-17)21-12-13-25-22(27-21)16-4-6-18(24)7-5-16/h4-13,17H,2-3,14-15H2,1H3,(H,26,29)/t17-/m0/s1. The van der Waals surface area contributed by atoms with Crippen LogP contribution in [0.5, 0.6) is 5.75 Å². The van der Waals surface area contributed by atoms with Crippen LogP contribution in [0.4, 0.5) is 15.9 Å². The summed E-state index contributed by atoms with van der Waals surface area (Å²) >= 11 is 0. The number of hydrogen-bond donors (Lipinski definition) is 1. The van der Waals surface area contributed by atoms with Crippen LogP contribution < -0.4 is 15.0 Å². The fourth-order valence-corrected chi connectivity index (χ4v) is 3.58. The summed E-state index contributed by atoms with van der Waals surface area (Å²) in [5.41, 5.74) is 1.50. The molecule has 0 bridgehead atoms. The van der Waals surface area contributed by atoms with Crippen LogP contribution in [-0.2, 0) is 4.79 Å². The van der Waals surface area contributed by atoms with Crippen molar-refractivity contribution in [1.82, 2.24) is 9.97 Å². The Balaban J connectivity index is 1.45. The third kappa shape index (κ3) is 4.56. The average molecular weight is 406 g/mol. The number of anilines is 2. The summed E-state index contributed by atoms with van der Waals surface area (Å²) < 4.78 is 18.3. The lowest BCUT2D eigenvalue weighted by atomic mass is 9.97. The van der Waals surface area contributed by atoms with Crippen LogP contribution in [0.25, 0.3) is 11.4 Å². The predicted molar refractivity (Wildman–Crippen MR) is 114 cm³/mol. The van der Waals surface area contributed by atoms with Crippen LogP contribution in [0, 0.1) is 11.7 Å². The van der Waals surface area contributed by atoms with E-state index in [4.69, 9.17) is 4.74 Å². The number of halogens is 1. The maximum atomic E-state index is 13.2. The van der Waals surface area contributed by atoms with Crippen molar-refractivity contribution >= 4 is 17.4 Å². The van der Waals surface area contributed by atoms with Crippen molar-refractivity contribution in [2.24, 2.45) is 5.92 Å². The van der Waals surface area contributed by atoms with Gasteiger partial charge in [0.25, 0.3) is 0 Å². The number of nitrogens with zero attached hydrogens (tertiary/aromatic N) is 3. The Bertz CT molecular complexity index is 1010. The Labute approximate surface area is 174 Å². The fourth-order valence-electron chi connectivity index (χ4n) is 3.58. The van der Waals surface area contributed by atoms with Crippen molar-refractivity contribution < 1.29 is 13.9 Å². The van der Waals surface area contributed by atoms with Crippen LogP contribution >= 0.6 is 0 Å². The molecule has 0 spiro atoms. The smallest absolute Gasteiger partial charge is 0.229 e. The highest BCUT2D eigenvalue weighted by Crippen LogP contribution is 2.25. The van der Waals surface area contributed by atoms with Gasteiger partial charge in [0.05, 0.1) is 13.0 Å². The van der Waals surface area contributed by atoms with Crippen molar-refractivity contribution in [3.05, 3.63) is 66.6 Å². The molecule has 154 valence electrons. The summed E-state index contributed by atoms with van der Waals surface area (Å²) in [6, 6.07) is 15.3. The third-order valence-corrected chi connectivity index (χ3v) is 5.22. The average Bonchev–Trinajstić information content (AvgIpc) is 2.80. The first kappa shape index (κ1) is 19.8. The number of benzene rings is 2. The topological polar surface area (TPSA) is 67.3 Å². The highest BCUT2D eigenvalue weighted by molar-refractivity contribution is 5.93. The van der Waals surface area contributed by atoms with Gasteiger partial charge in [-0.3, -0.25) is 4.79 Å². The molecule has 1 atom stereocenters. The first-order valence-corrected chi connectivity index (χ1v) is 9.91. The molecule has 1 aliphatic heterocycles. The zero-order valence-corrected chi connectivity index (χ0v) is 16.7. The van der Waals surface area contributed by atoms with E-state index in [9.17, 15) is 9.18 Å².